The van der Waals surface area contributed by atoms with Crippen molar-refractivity contribution in [1.29, 1.82) is 0 Å². The highest BCUT2D eigenvalue weighted by molar-refractivity contribution is 7.80. The maximum Gasteiger partial charge on any atom is 0.232 e. The Morgan fingerprint density at radius 3 is 2.12 bits per heavy atom. The summed E-state index contributed by atoms with van der Waals surface area (Å²) in [5, 5.41) is 7.33. The zero-order valence-electron chi connectivity index (χ0n) is 25.4. The molecule has 3 aromatic rings. The number of nitrogens with one attached hydrogen (secondary N) is 2. The number of thiocarbonyl (C=S) groups is 1. The molecular formula is C34H44FN7S. The van der Waals surface area contributed by atoms with E-state index < -0.39 is 0 Å². The minimum Gasteiger partial charge on any atom is -0.368 e. The third-order valence-electron chi connectivity index (χ3n) is 9.45. The van der Waals surface area contributed by atoms with Crippen LogP contribution in [0.3, 0.4) is 0 Å². The molecule has 2 N–H and O–H groups in total. The van der Waals surface area contributed by atoms with Crippen molar-refractivity contribution in [3.8, 4) is 0 Å². The molecule has 1 saturated carbocycles. The molecule has 3 heterocycles. The topological polar surface area (TPSA) is 59.6 Å². The number of piperidine rings is 1. The fraction of sp³-hybridized carbons (Fsp3) is 0.500. The SMILES string of the molecule is C[C@H]1C[C@H](C)CN(c2cc(N3CCN(c4ccccc4)CC3)nc(NC(=S)NCC3(c4ccc(F)cc4)CCCC3)n2)C1. The Kier molecular flexibility index (Phi) is 8.98. The Balaban J connectivity index is 1.18. The van der Waals surface area contributed by atoms with Crippen LogP contribution in [0.15, 0.2) is 60.7 Å². The van der Waals surface area contributed by atoms with Gasteiger partial charge in [0.15, 0.2) is 5.11 Å². The van der Waals surface area contributed by atoms with Crippen molar-refractivity contribution in [2.75, 3.05) is 65.8 Å². The van der Waals surface area contributed by atoms with Gasteiger partial charge in [-0.1, -0.05) is 57.0 Å². The Labute approximate surface area is 260 Å². The lowest BCUT2D eigenvalue weighted by molar-refractivity contribution is 0.355. The second-order valence-electron chi connectivity index (χ2n) is 12.9. The number of nitrogens with zero attached hydrogens (tertiary/aromatic N) is 5. The third kappa shape index (κ3) is 7.03. The summed E-state index contributed by atoms with van der Waals surface area (Å²) in [5.41, 5.74) is 2.39. The fourth-order valence-corrected chi connectivity index (χ4v) is 7.47. The van der Waals surface area contributed by atoms with Crippen molar-refractivity contribution in [2.45, 2.75) is 51.4 Å². The molecule has 0 radical (unpaired) electrons. The van der Waals surface area contributed by atoms with Crippen LogP contribution in [0, 0.1) is 17.7 Å². The molecule has 2 aliphatic heterocycles. The van der Waals surface area contributed by atoms with Gasteiger partial charge in [-0.3, -0.25) is 0 Å². The van der Waals surface area contributed by atoms with E-state index in [9.17, 15) is 4.39 Å². The highest BCUT2D eigenvalue weighted by Crippen LogP contribution is 2.40. The van der Waals surface area contributed by atoms with E-state index in [0.29, 0.717) is 29.4 Å². The maximum atomic E-state index is 13.7. The first-order valence-corrected chi connectivity index (χ1v) is 16.3. The largest absolute Gasteiger partial charge is 0.368 e. The van der Waals surface area contributed by atoms with E-state index >= 15 is 0 Å². The normalized spacial score (nSPS) is 22.0. The van der Waals surface area contributed by atoms with Gasteiger partial charge in [-0.15, -0.1) is 0 Å². The molecule has 2 saturated heterocycles. The number of halogens is 1. The first kappa shape index (κ1) is 29.6. The monoisotopic (exact) mass is 601 g/mol. The van der Waals surface area contributed by atoms with Crippen molar-refractivity contribution in [2.24, 2.45) is 11.8 Å². The third-order valence-corrected chi connectivity index (χ3v) is 9.69. The predicted molar refractivity (Wildman–Crippen MR) is 179 cm³/mol. The van der Waals surface area contributed by atoms with Gasteiger partial charge in [0.25, 0.3) is 0 Å². The summed E-state index contributed by atoms with van der Waals surface area (Å²) in [6, 6.07) is 19.8. The quantitative estimate of drug-likeness (QED) is 0.310. The minimum absolute atomic E-state index is 0.0498. The molecule has 1 aromatic heterocycles. The van der Waals surface area contributed by atoms with Crippen LogP contribution in [0.25, 0.3) is 0 Å². The molecule has 2 atom stereocenters. The molecule has 3 aliphatic rings. The van der Waals surface area contributed by atoms with Crippen molar-refractivity contribution in [1.82, 2.24) is 15.3 Å². The van der Waals surface area contributed by atoms with Crippen LogP contribution < -0.4 is 25.3 Å². The first-order chi connectivity index (χ1) is 20.9. The lowest BCUT2D eigenvalue weighted by Gasteiger charge is -2.38. The molecule has 3 fully saturated rings. The van der Waals surface area contributed by atoms with E-state index in [1.807, 2.05) is 12.1 Å². The number of para-hydroxylation sites is 1. The number of hydrogen-bond donors (Lipinski definition) is 2. The average molecular weight is 602 g/mol. The second kappa shape index (κ2) is 13.0. The summed E-state index contributed by atoms with van der Waals surface area (Å²) in [6.07, 6.45) is 5.69. The average Bonchev–Trinajstić information content (AvgIpc) is 3.50. The van der Waals surface area contributed by atoms with Gasteiger partial charge in [0.1, 0.15) is 17.5 Å². The van der Waals surface area contributed by atoms with Gasteiger partial charge in [0, 0.05) is 63.0 Å². The highest BCUT2D eigenvalue weighted by atomic mass is 32.1. The molecule has 1 aliphatic carbocycles. The summed E-state index contributed by atoms with van der Waals surface area (Å²) in [4.78, 5) is 17.2. The Bertz CT molecular complexity index is 1360. The molecule has 9 heteroatoms. The molecule has 228 valence electrons. The molecular weight excluding hydrogens is 557 g/mol. The molecule has 7 nitrogen and oxygen atoms in total. The van der Waals surface area contributed by atoms with Crippen LogP contribution in [0.5, 0.6) is 0 Å². The van der Waals surface area contributed by atoms with Gasteiger partial charge in [0.2, 0.25) is 5.95 Å². The number of aromatic nitrogens is 2. The van der Waals surface area contributed by atoms with Gasteiger partial charge in [-0.2, -0.15) is 9.97 Å². The number of hydrogen-bond acceptors (Lipinski definition) is 6. The Hall–Kier alpha value is -3.46. The van der Waals surface area contributed by atoms with Gasteiger partial charge < -0.3 is 25.3 Å². The zero-order chi connectivity index (χ0) is 29.8. The molecule has 43 heavy (non-hydrogen) atoms. The lowest BCUT2D eigenvalue weighted by atomic mass is 9.79. The number of piperazine rings is 1. The van der Waals surface area contributed by atoms with E-state index in [4.69, 9.17) is 22.2 Å². The number of rotatable bonds is 7. The van der Waals surface area contributed by atoms with Crippen LogP contribution in [0.1, 0.15) is 51.5 Å². The summed E-state index contributed by atoms with van der Waals surface area (Å²) in [7, 11) is 0. The van der Waals surface area contributed by atoms with E-state index in [0.717, 1.165) is 76.6 Å². The molecule has 0 spiro atoms. The van der Waals surface area contributed by atoms with Crippen LogP contribution in [-0.4, -0.2) is 60.9 Å². The van der Waals surface area contributed by atoms with Crippen molar-refractivity contribution in [3.05, 3.63) is 72.0 Å². The van der Waals surface area contributed by atoms with Gasteiger partial charge in [-0.05, 0) is 73.1 Å². The van der Waals surface area contributed by atoms with Crippen LogP contribution in [0.4, 0.5) is 27.7 Å². The Morgan fingerprint density at radius 1 is 0.860 bits per heavy atom. The van der Waals surface area contributed by atoms with Gasteiger partial charge >= 0.3 is 0 Å². The van der Waals surface area contributed by atoms with Gasteiger partial charge in [0.05, 0.1) is 0 Å². The lowest BCUT2D eigenvalue weighted by Crippen LogP contribution is -2.47. The first-order valence-electron chi connectivity index (χ1n) is 15.9. The molecule has 0 amide bonds. The summed E-state index contributed by atoms with van der Waals surface area (Å²) < 4.78 is 13.7. The van der Waals surface area contributed by atoms with Crippen LogP contribution >= 0.6 is 12.2 Å². The summed E-state index contributed by atoms with van der Waals surface area (Å²) in [6.45, 7) is 11.0. The van der Waals surface area contributed by atoms with E-state index in [1.165, 1.54) is 17.7 Å². The molecule has 0 unspecified atom stereocenters. The minimum atomic E-state index is -0.200. The number of benzene rings is 2. The summed E-state index contributed by atoms with van der Waals surface area (Å²) in [5.74, 6) is 3.46. The van der Waals surface area contributed by atoms with Crippen LogP contribution in [-0.2, 0) is 5.41 Å². The molecule has 0 bridgehead atoms. The van der Waals surface area contributed by atoms with Gasteiger partial charge in [-0.25, -0.2) is 4.39 Å². The standard InChI is InChI=1S/C34H44FN7S/c1-25-20-26(2)23-42(22-25)31-21-30(41-18-16-40(17-19-41)29-8-4-3-5-9-29)37-32(38-31)39-33(43)36-24-34(14-6-7-15-34)27-10-12-28(35)13-11-27/h3-5,8-13,21,25-26H,6-7,14-20,22-24H2,1-2H3,(H2,36,37,38,39,43)/t25-,26-/m0/s1. The molecule has 2 aromatic carbocycles. The smallest absolute Gasteiger partial charge is 0.232 e. The second-order valence-corrected chi connectivity index (χ2v) is 13.3. The van der Waals surface area contributed by atoms with Crippen LogP contribution in [0.2, 0.25) is 0 Å². The van der Waals surface area contributed by atoms with Crippen molar-refractivity contribution >= 4 is 40.6 Å². The summed E-state index contributed by atoms with van der Waals surface area (Å²) >= 11 is 5.80. The van der Waals surface area contributed by atoms with E-state index in [1.54, 1.807) is 12.1 Å². The predicted octanol–water partition coefficient (Wildman–Crippen LogP) is 6.22. The van der Waals surface area contributed by atoms with Crippen molar-refractivity contribution < 1.29 is 4.39 Å². The Morgan fingerprint density at radius 2 is 1.47 bits per heavy atom. The van der Waals surface area contributed by atoms with Crippen molar-refractivity contribution in [3.63, 3.8) is 0 Å². The maximum absolute atomic E-state index is 13.7. The number of anilines is 4. The zero-order valence-corrected chi connectivity index (χ0v) is 26.3. The van der Waals surface area contributed by atoms with E-state index in [-0.39, 0.29) is 11.2 Å². The highest BCUT2D eigenvalue weighted by Gasteiger charge is 2.36. The fourth-order valence-electron chi connectivity index (χ4n) is 7.30. The van der Waals surface area contributed by atoms with E-state index in [2.05, 4.69) is 75.6 Å². The molecule has 6 rings (SSSR count).